The summed E-state index contributed by atoms with van der Waals surface area (Å²) in [5.74, 6) is 0.603. The fourth-order valence-corrected chi connectivity index (χ4v) is 3.46. The maximum atomic E-state index is 10.9. The van der Waals surface area contributed by atoms with Gasteiger partial charge in [-0.3, -0.25) is 0 Å². The topological polar surface area (TPSA) is 108 Å². The number of nitrogens with two attached hydrogens (primary N) is 1. The molecule has 28 heavy (non-hydrogen) atoms. The molecule has 0 aliphatic carbocycles. The van der Waals surface area contributed by atoms with Crippen LogP contribution in [0, 0.1) is 0 Å². The third kappa shape index (κ3) is 5.45. The number of amides is 2. The average Bonchev–Trinajstić information content (AvgIpc) is 2.70. The van der Waals surface area contributed by atoms with E-state index in [9.17, 15) is 15.0 Å². The van der Waals surface area contributed by atoms with Crippen molar-refractivity contribution in [2.24, 2.45) is 5.73 Å². The number of primary amides is 1. The number of hydrogen-bond donors (Lipinski definition) is 4. The average molecular weight is 385 g/mol. The molecule has 0 unspecified atom stereocenters. The van der Waals surface area contributed by atoms with Crippen LogP contribution in [0.1, 0.15) is 18.4 Å². The molecule has 0 radical (unpaired) electrons. The number of nitrogens with one attached hydrogen (secondary N) is 1. The van der Waals surface area contributed by atoms with Gasteiger partial charge in [0.05, 0.1) is 5.60 Å². The molecule has 1 saturated heterocycles. The van der Waals surface area contributed by atoms with Crippen molar-refractivity contribution in [2.75, 3.05) is 31.6 Å². The first-order valence-electron chi connectivity index (χ1n) is 9.42. The zero-order valence-corrected chi connectivity index (χ0v) is 15.8. The summed E-state index contributed by atoms with van der Waals surface area (Å²) in [6.45, 7) is 2.10. The predicted molar refractivity (Wildman–Crippen MR) is 107 cm³/mol. The molecule has 1 fully saturated rings. The van der Waals surface area contributed by atoms with Crippen LogP contribution < -0.4 is 15.8 Å². The van der Waals surface area contributed by atoms with Crippen molar-refractivity contribution in [1.82, 2.24) is 4.90 Å². The summed E-state index contributed by atoms with van der Waals surface area (Å²) < 4.78 is 5.61. The van der Waals surface area contributed by atoms with Gasteiger partial charge in [-0.2, -0.15) is 0 Å². The Labute approximate surface area is 164 Å². The second-order valence-electron chi connectivity index (χ2n) is 7.18. The second kappa shape index (κ2) is 9.05. The quantitative estimate of drug-likeness (QED) is 0.582. The van der Waals surface area contributed by atoms with Crippen LogP contribution in [0.3, 0.4) is 0 Å². The number of hydrogen-bond acceptors (Lipinski definition) is 5. The third-order valence-electron chi connectivity index (χ3n) is 5.03. The largest absolute Gasteiger partial charge is 0.491 e. The van der Waals surface area contributed by atoms with Gasteiger partial charge in [0, 0.05) is 25.3 Å². The highest BCUT2D eigenvalue weighted by molar-refractivity contribution is 5.87. The number of urea groups is 1. The summed E-state index contributed by atoms with van der Waals surface area (Å²) in [6, 6.07) is 15.9. The number of rotatable bonds is 7. The second-order valence-corrected chi connectivity index (χ2v) is 7.18. The molecule has 2 amide bonds. The Morgan fingerprint density at radius 2 is 1.79 bits per heavy atom. The van der Waals surface area contributed by atoms with Gasteiger partial charge >= 0.3 is 6.03 Å². The highest BCUT2D eigenvalue weighted by Crippen LogP contribution is 2.32. The van der Waals surface area contributed by atoms with E-state index in [1.54, 1.807) is 24.3 Å². The van der Waals surface area contributed by atoms with E-state index in [0.717, 1.165) is 18.7 Å². The molecule has 0 aromatic heterocycles. The summed E-state index contributed by atoms with van der Waals surface area (Å²) in [6.07, 6.45) is 0.643. The van der Waals surface area contributed by atoms with E-state index in [0.29, 0.717) is 30.8 Å². The molecule has 1 aliphatic heterocycles. The summed E-state index contributed by atoms with van der Waals surface area (Å²) >= 11 is 0. The van der Waals surface area contributed by atoms with Gasteiger partial charge in [0.2, 0.25) is 0 Å². The minimum Gasteiger partial charge on any atom is -0.491 e. The van der Waals surface area contributed by atoms with Gasteiger partial charge in [0.25, 0.3) is 0 Å². The Hall–Kier alpha value is -2.61. The van der Waals surface area contributed by atoms with Crippen molar-refractivity contribution in [1.29, 1.82) is 0 Å². The van der Waals surface area contributed by atoms with Crippen molar-refractivity contribution >= 4 is 11.7 Å². The Morgan fingerprint density at radius 1 is 1.14 bits per heavy atom. The number of carbonyl (C=O) groups excluding carboxylic acids is 1. The van der Waals surface area contributed by atoms with Crippen molar-refractivity contribution in [3.63, 3.8) is 0 Å². The first kappa shape index (κ1) is 20.1. The first-order chi connectivity index (χ1) is 13.4. The number of piperidine rings is 1. The zero-order chi connectivity index (χ0) is 20.0. The van der Waals surface area contributed by atoms with E-state index in [2.05, 4.69) is 10.2 Å². The molecule has 7 nitrogen and oxygen atoms in total. The van der Waals surface area contributed by atoms with Gasteiger partial charge in [0.15, 0.2) is 0 Å². The van der Waals surface area contributed by atoms with E-state index in [-0.39, 0.29) is 6.61 Å². The van der Waals surface area contributed by atoms with Crippen LogP contribution in [0.4, 0.5) is 10.5 Å². The number of benzene rings is 2. The maximum Gasteiger partial charge on any atom is 0.316 e. The van der Waals surface area contributed by atoms with Gasteiger partial charge < -0.3 is 30.9 Å². The molecule has 1 atom stereocenters. The number of carbonyl (C=O) groups is 1. The lowest BCUT2D eigenvalue weighted by molar-refractivity contribution is -0.0372. The van der Waals surface area contributed by atoms with Gasteiger partial charge in [-0.05, 0) is 42.7 Å². The van der Waals surface area contributed by atoms with Crippen LogP contribution in [0.25, 0.3) is 0 Å². The number of β-amino-alcohol motifs (C(OH)–C–C–N with tert-alkyl or cyclic N) is 1. The first-order valence-corrected chi connectivity index (χ1v) is 9.42. The third-order valence-corrected chi connectivity index (χ3v) is 5.03. The van der Waals surface area contributed by atoms with Crippen LogP contribution in [-0.4, -0.2) is 53.5 Å². The number of ether oxygens (including phenoxy) is 1. The Kier molecular flexibility index (Phi) is 6.51. The molecule has 7 heteroatoms. The monoisotopic (exact) mass is 385 g/mol. The SMILES string of the molecule is NC(=O)Nc1ccc(OC[C@@H](O)CN2CCC(O)(c3ccccc3)CC2)cc1. The molecule has 2 aromatic rings. The van der Waals surface area contributed by atoms with E-state index in [1.165, 1.54) is 0 Å². The highest BCUT2D eigenvalue weighted by Gasteiger charge is 2.34. The summed E-state index contributed by atoms with van der Waals surface area (Å²) in [5, 5.41) is 23.6. The molecule has 5 N–H and O–H groups in total. The normalized spacial score (nSPS) is 17.6. The summed E-state index contributed by atoms with van der Waals surface area (Å²) in [4.78, 5) is 12.9. The molecular weight excluding hydrogens is 358 g/mol. The zero-order valence-electron chi connectivity index (χ0n) is 15.8. The van der Waals surface area contributed by atoms with Crippen molar-refractivity contribution in [2.45, 2.75) is 24.5 Å². The maximum absolute atomic E-state index is 10.9. The molecule has 1 heterocycles. The van der Waals surface area contributed by atoms with E-state index in [1.807, 2.05) is 30.3 Å². The van der Waals surface area contributed by atoms with Crippen LogP contribution in [0.2, 0.25) is 0 Å². The highest BCUT2D eigenvalue weighted by atomic mass is 16.5. The van der Waals surface area contributed by atoms with Gasteiger partial charge in [-0.25, -0.2) is 4.79 Å². The minimum absolute atomic E-state index is 0.169. The van der Waals surface area contributed by atoms with Gasteiger partial charge in [0.1, 0.15) is 18.5 Å². The standard InChI is InChI=1S/C21H27N3O4/c22-20(26)23-17-6-8-19(9-7-17)28-15-18(25)14-24-12-10-21(27,11-13-24)16-4-2-1-3-5-16/h1-9,18,25,27H,10-15H2,(H3,22,23,26)/t18-/m0/s1. The molecule has 0 bridgehead atoms. The Bertz CT molecular complexity index is 759. The van der Waals surface area contributed by atoms with E-state index < -0.39 is 17.7 Å². The number of anilines is 1. The predicted octanol–water partition coefficient (Wildman–Crippen LogP) is 1.90. The number of nitrogens with zero attached hydrogens (tertiary/aromatic N) is 1. The lowest BCUT2D eigenvalue weighted by atomic mass is 9.84. The molecule has 150 valence electrons. The van der Waals surface area contributed by atoms with E-state index in [4.69, 9.17) is 10.5 Å². The molecular formula is C21H27N3O4. The molecule has 3 rings (SSSR count). The van der Waals surface area contributed by atoms with Crippen LogP contribution in [-0.2, 0) is 5.60 Å². The molecule has 0 spiro atoms. The lowest BCUT2D eigenvalue weighted by Crippen LogP contribution is -2.46. The lowest BCUT2D eigenvalue weighted by Gasteiger charge is -2.39. The van der Waals surface area contributed by atoms with Crippen molar-refractivity contribution in [3.8, 4) is 5.75 Å². The number of aliphatic hydroxyl groups excluding tert-OH is 1. The Balaban J connectivity index is 1.42. The summed E-state index contributed by atoms with van der Waals surface area (Å²) in [5.41, 5.74) is 5.81. The number of likely N-dealkylation sites (tertiary alicyclic amines) is 1. The summed E-state index contributed by atoms with van der Waals surface area (Å²) in [7, 11) is 0. The molecule has 0 saturated carbocycles. The fourth-order valence-electron chi connectivity index (χ4n) is 3.46. The number of aliphatic hydroxyl groups is 2. The van der Waals surface area contributed by atoms with Crippen LogP contribution >= 0.6 is 0 Å². The molecule has 1 aliphatic rings. The van der Waals surface area contributed by atoms with Gasteiger partial charge in [-0.15, -0.1) is 0 Å². The fraction of sp³-hybridized carbons (Fsp3) is 0.381. The molecule has 2 aromatic carbocycles. The van der Waals surface area contributed by atoms with Crippen LogP contribution in [0.5, 0.6) is 5.75 Å². The van der Waals surface area contributed by atoms with Crippen LogP contribution in [0.15, 0.2) is 54.6 Å². The Morgan fingerprint density at radius 3 is 2.39 bits per heavy atom. The smallest absolute Gasteiger partial charge is 0.316 e. The minimum atomic E-state index is -0.792. The van der Waals surface area contributed by atoms with Gasteiger partial charge in [-0.1, -0.05) is 30.3 Å². The van der Waals surface area contributed by atoms with E-state index >= 15 is 0 Å². The van der Waals surface area contributed by atoms with Crippen molar-refractivity contribution in [3.05, 3.63) is 60.2 Å². The van der Waals surface area contributed by atoms with Crippen molar-refractivity contribution < 1.29 is 19.7 Å².